The second-order valence-corrected chi connectivity index (χ2v) is 12.3. The Labute approximate surface area is 281 Å². The van der Waals surface area contributed by atoms with Gasteiger partial charge >= 0.3 is 12.4 Å². The van der Waals surface area contributed by atoms with Gasteiger partial charge in [0.1, 0.15) is 11.8 Å². The number of carbonyl (C=O) groups excluding carboxylic acids is 1. The molecule has 0 bridgehead atoms. The molecule has 0 aromatic carbocycles. The molecule has 2 aromatic heterocycles. The van der Waals surface area contributed by atoms with Gasteiger partial charge in [0.2, 0.25) is 5.95 Å². The second kappa shape index (κ2) is 21.1. The number of hydrogen-bond donors (Lipinski definition) is 2. The lowest BCUT2D eigenvalue weighted by molar-refractivity contribution is -0.139. The molecule has 0 amide bonds. The molecule has 14 heteroatoms. The molecule has 3 unspecified atom stereocenters. The molecule has 1 aliphatic rings. The van der Waals surface area contributed by atoms with Crippen LogP contribution in [0.1, 0.15) is 136 Å². The SMILES string of the molecule is CC=O.CCC(C)(O)CC.CCC(C)C1CCc2c1n[nH]c(=O)c2C(F)(F)F.CCCN(CCC(C)CC)c1ncc(C(F)(F)F)cn1. The quantitative estimate of drug-likeness (QED) is 0.179. The number of aromatic amines is 1. The molecule has 0 fully saturated rings. The maximum Gasteiger partial charge on any atom is 0.422 e. The van der Waals surface area contributed by atoms with Crippen molar-refractivity contribution in [2.45, 2.75) is 138 Å². The van der Waals surface area contributed by atoms with E-state index in [0.717, 1.165) is 70.3 Å². The zero-order chi connectivity index (χ0) is 37.3. The number of nitrogens with zero attached hydrogens (tertiary/aromatic N) is 4. The molecule has 1 aliphatic carbocycles. The predicted octanol–water partition coefficient (Wildman–Crippen LogP) is 8.78. The number of halogens is 6. The lowest BCUT2D eigenvalue weighted by Crippen LogP contribution is -2.28. The van der Waals surface area contributed by atoms with E-state index in [1.165, 1.54) is 6.92 Å². The number of fused-ring (bicyclic) bond motifs is 1. The highest BCUT2D eigenvalue weighted by Crippen LogP contribution is 2.42. The first-order valence-electron chi connectivity index (χ1n) is 16.7. The van der Waals surface area contributed by atoms with Crippen molar-refractivity contribution < 1.29 is 36.2 Å². The van der Waals surface area contributed by atoms with Crippen LogP contribution in [0.3, 0.4) is 0 Å². The first-order valence-corrected chi connectivity index (χ1v) is 16.7. The predicted molar refractivity (Wildman–Crippen MR) is 177 cm³/mol. The first kappa shape index (κ1) is 45.0. The Hall–Kier alpha value is -3.03. The summed E-state index contributed by atoms with van der Waals surface area (Å²) < 4.78 is 76.0. The van der Waals surface area contributed by atoms with E-state index in [2.05, 4.69) is 28.9 Å². The molecule has 0 saturated carbocycles. The topological polar surface area (TPSA) is 112 Å². The summed E-state index contributed by atoms with van der Waals surface area (Å²) >= 11 is 0. The van der Waals surface area contributed by atoms with E-state index in [0.29, 0.717) is 24.0 Å². The Bertz CT molecular complexity index is 1240. The average Bonchev–Trinajstić information content (AvgIpc) is 3.46. The van der Waals surface area contributed by atoms with Crippen molar-refractivity contribution in [1.82, 2.24) is 20.2 Å². The number of aldehydes is 1. The maximum absolute atomic E-state index is 12.9. The van der Waals surface area contributed by atoms with Crippen molar-refractivity contribution in [2.24, 2.45) is 11.8 Å². The Morgan fingerprint density at radius 1 is 0.979 bits per heavy atom. The van der Waals surface area contributed by atoms with Crippen LogP contribution in [0.15, 0.2) is 17.2 Å². The molecule has 2 heterocycles. The summed E-state index contributed by atoms with van der Waals surface area (Å²) in [5.41, 5.74) is -2.89. The molecule has 48 heavy (non-hydrogen) atoms. The van der Waals surface area contributed by atoms with E-state index in [4.69, 9.17) is 9.90 Å². The summed E-state index contributed by atoms with van der Waals surface area (Å²) in [5.74, 6) is 1.25. The molecule has 3 rings (SSSR count). The van der Waals surface area contributed by atoms with E-state index < -0.39 is 34.6 Å². The Morgan fingerprint density at radius 3 is 1.92 bits per heavy atom. The summed E-state index contributed by atoms with van der Waals surface area (Å²) in [7, 11) is 0. The van der Waals surface area contributed by atoms with Gasteiger partial charge < -0.3 is 14.8 Å². The van der Waals surface area contributed by atoms with E-state index in [-0.39, 0.29) is 23.8 Å². The molecular formula is C34H55F6N5O3. The minimum Gasteiger partial charge on any atom is -0.390 e. The van der Waals surface area contributed by atoms with Crippen molar-refractivity contribution in [2.75, 3.05) is 18.0 Å². The van der Waals surface area contributed by atoms with E-state index in [1.54, 1.807) is 0 Å². The molecule has 2 N–H and O–H groups in total. The zero-order valence-electron chi connectivity index (χ0n) is 29.9. The minimum atomic E-state index is -4.61. The van der Waals surface area contributed by atoms with Crippen molar-refractivity contribution in [1.29, 1.82) is 0 Å². The smallest absolute Gasteiger partial charge is 0.390 e. The summed E-state index contributed by atoms with van der Waals surface area (Å²) in [6.07, 6.45) is -0.0367. The number of aromatic nitrogens is 4. The molecule has 0 radical (unpaired) electrons. The standard InChI is InChI=1S/C14H22F3N3.C12H15F3N2O.C6H14O.C2H4O/c1-4-7-20(8-6-11(3)5-2)13-18-9-12(10-19-13)14(15,16)17;1-3-6(2)7-4-5-8-9(12(13,14)15)11(18)17-16-10(7)8;1-4-6(3,7)5-2;1-2-3/h9-11H,4-8H2,1-3H3;6-7H,3-5H2,1-2H3,(H,17,18);7H,4-5H2,1-3H3;2H,1H3. The number of rotatable bonds is 11. The zero-order valence-corrected chi connectivity index (χ0v) is 29.9. The van der Waals surface area contributed by atoms with Crippen LogP contribution in [-0.2, 0) is 23.6 Å². The molecule has 2 aromatic rings. The molecule has 0 aliphatic heterocycles. The fraction of sp³-hybridized carbons (Fsp3) is 0.735. The highest BCUT2D eigenvalue weighted by atomic mass is 19.4. The number of alkyl halides is 6. The maximum atomic E-state index is 12.9. The van der Waals surface area contributed by atoms with Gasteiger partial charge in [-0.25, -0.2) is 15.1 Å². The van der Waals surface area contributed by atoms with Crippen molar-refractivity contribution in [3.8, 4) is 0 Å². The van der Waals surface area contributed by atoms with Crippen molar-refractivity contribution in [3.63, 3.8) is 0 Å². The third-order valence-electron chi connectivity index (χ3n) is 8.64. The van der Waals surface area contributed by atoms with Gasteiger partial charge in [-0.05, 0) is 69.8 Å². The van der Waals surface area contributed by atoms with Crippen LogP contribution in [0, 0.1) is 11.8 Å². The minimum absolute atomic E-state index is 0.0166. The summed E-state index contributed by atoms with van der Waals surface area (Å²) in [5, 5.41) is 15.0. The van der Waals surface area contributed by atoms with Gasteiger partial charge in [-0.2, -0.15) is 31.4 Å². The lowest BCUT2D eigenvalue weighted by atomic mass is 9.90. The number of H-pyrrole nitrogens is 1. The fourth-order valence-corrected chi connectivity index (χ4v) is 4.68. The van der Waals surface area contributed by atoms with Gasteiger partial charge in [-0.15, -0.1) is 0 Å². The molecule has 0 spiro atoms. The molecule has 8 nitrogen and oxygen atoms in total. The average molecular weight is 696 g/mol. The van der Waals surface area contributed by atoms with Crippen LogP contribution in [0.2, 0.25) is 0 Å². The van der Waals surface area contributed by atoms with Gasteiger partial charge in [0.25, 0.3) is 5.56 Å². The molecular weight excluding hydrogens is 640 g/mol. The number of hydrogen-bond acceptors (Lipinski definition) is 7. The largest absolute Gasteiger partial charge is 0.422 e. The second-order valence-electron chi connectivity index (χ2n) is 12.3. The highest BCUT2D eigenvalue weighted by Gasteiger charge is 2.42. The molecule has 3 atom stereocenters. The van der Waals surface area contributed by atoms with Crippen molar-refractivity contribution in [3.05, 3.63) is 45.1 Å². The van der Waals surface area contributed by atoms with Crippen LogP contribution < -0.4 is 10.5 Å². The van der Waals surface area contributed by atoms with E-state index in [9.17, 15) is 31.1 Å². The highest BCUT2D eigenvalue weighted by molar-refractivity contribution is 5.44. The summed E-state index contributed by atoms with van der Waals surface area (Å²) in [4.78, 5) is 29.8. The summed E-state index contributed by atoms with van der Waals surface area (Å²) in [6, 6.07) is 0. The van der Waals surface area contributed by atoms with Gasteiger partial charge in [-0.1, -0.05) is 61.3 Å². The lowest BCUT2D eigenvalue weighted by Gasteiger charge is -2.23. The van der Waals surface area contributed by atoms with Gasteiger partial charge in [0.05, 0.1) is 16.9 Å². The van der Waals surface area contributed by atoms with E-state index >= 15 is 0 Å². The van der Waals surface area contributed by atoms with E-state index in [1.807, 2.05) is 51.5 Å². The Balaban J connectivity index is 0.000000723. The third-order valence-corrected chi connectivity index (χ3v) is 8.64. The van der Waals surface area contributed by atoms with Crippen LogP contribution in [0.4, 0.5) is 32.3 Å². The van der Waals surface area contributed by atoms with Crippen molar-refractivity contribution >= 4 is 12.2 Å². The Morgan fingerprint density at radius 2 is 1.52 bits per heavy atom. The van der Waals surface area contributed by atoms with Gasteiger partial charge in [0.15, 0.2) is 0 Å². The molecule has 0 saturated heterocycles. The fourth-order valence-electron chi connectivity index (χ4n) is 4.68. The van der Waals surface area contributed by atoms with Crippen LogP contribution in [0.25, 0.3) is 0 Å². The third kappa shape index (κ3) is 15.0. The first-order chi connectivity index (χ1) is 22.3. The normalized spacial score (nSPS) is 15.4. The van der Waals surface area contributed by atoms with Crippen LogP contribution in [0.5, 0.6) is 0 Å². The Kier molecular flexibility index (Phi) is 19.8. The van der Waals surface area contributed by atoms with Crippen LogP contribution >= 0.6 is 0 Å². The van der Waals surface area contributed by atoms with Crippen LogP contribution in [-0.4, -0.2) is 50.2 Å². The summed E-state index contributed by atoms with van der Waals surface area (Å²) in [6.45, 7) is 19.1. The number of anilines is 1. The number of aliphatic hydroxyl groups is 1. The molecule has 276 valence electrons. The van der Waals surface area contributed by atoms with Gasteiger partial charge in [-0.3, -0.25) is 4.79 Å². The number of nitrogens with one attached hydrogen (secondary N) is 1. The van der Waals surface area contributed by atoms with Gasteiger partial charge in [0, 0.05) is 31.4 Å². The number of carbonyl (C=O) groups is 1. The monoisotopic (exact) mass is 695 g/mol.